The molecule has 0 aromatic carbocycles. The van der Waals surface area contributed by atoms with Crippen LogP contribution in [-0.4, -0.2) is 61.2 Å². The lowest BCUT2D eigenvalue weighted by Gasteiger charge is -2.37. The number of carbonyl (C=O) groups is 2. The van der Waals surface area contributed by atoms with Crippen molar-refractivity contribution in [2.24, 2.45) is 5.41 Å². The van der Waals surface area contributed by atoms with E-state index in [1.807, 2.05) is 18.3 Å². The molecule has 2 aliphatic heterocycles. The number of nitrogens with one attached hydrogen (secondary N) is 1. The third-order valence-electron chi connectivity index (χ3n) is 7.20. The molecule has 2 fully saturated rings. The van der Waals surface area contributed by atoms with Crippen LogP contribution in [0.5, 0.6) is 0 Å². The number of amides is 1. The predicted octanol–water partition coefficient (Wildman–Crippen LogP) is 1.70. The second-order valence-corrected chi connectivity index (χ2v) is 9.00. The van der Waals surface area contributed by atoms with Gasteiger partial charge in [0.05, 0.1) is 16.7 Å². The van der Waals surface area contributed by atoms with Crippen LogP contribution in [0, 0.1) is 5.41 Å². The van der Waals surface area contributed by atoms with Crippen LogP contribution >= 0.6 is 0 Å². The lowest BCUT2D eigenvalue weighted by molar-refractivity contribution is -0.138. The van der Waals surface area contributed by atoms with Crippen LogP contribution in [-0.2, 0) is 14.3 Å². The zero-order valence-corrected chi connectivity index (χ0v) is 18.3. The Hall–Kier alpha value is -3.14. The van der Waals surface area contributed by atoms with E-state index in [-0.39, 0.29) is 29.9 Å². The van der Waals surface area contributed by atoms with Crippen molar-refractivity contribution in [3.63, 3.8) is 0 Å². The summed E-state index contributed by atoms with van der Waals surface area (Å²) in [6.45, 7) is 4.77. The van der Waals surface area contributed by atoms with Crippen LogP contribution in [0.4, 0.5) is 0 Å². The monoisotopic (exact) mass is 437 g/mol. The van der Waals surface area contributed by atoms with Gasteiger partial charge in [0, 0.05) is 24.8 Å². The number of cyclic esters (lactones) is 1. The number of tetrazole rings is 1. The van der Waals surface area contributed by atoms with Crippen molar-refractivity contribution in [2.45, 2.75) is 58.0 Å². The largest absolute Gasteiger partial charge is 0.456 e. The predicted molar refractivity (Wildman–Crippen MR) is 113 cm³/mol. The Morgan fingerprint density at radius 1 is 1.22 bits per heavy atom. The highest BCUT2D eigenvalue weighted by Crippen LogP contribution is 2.46. The SMILES string of the molecule is CC1=C(N2CCC3(CCC(N[C@H](C)c4ccc(-n5cnnn5)nc4)CC3)C2=O)COC1=O. The maximum atomic E-state index is 13.3. The van der Waals surface area contributed by atoms with Crippen molar-refractivity contribution >= 4 is 11.9 Å². The van der Waals surface area contributed by atoms with Gasteiger partial charge in [0.15, 0.2) is 5.82 Å². The van der Waals surface area contributed by atoms with Gasteiger partial charge in [-0.3, -0.25) is 4.79 Å². The van der Waals surface area contributed by atoms with Gasteiger partial charge in [-0.15, -0.1) is 5.10 Å². The summed E-state index contributed by atoms with van der Waals surface area (Å²) in [5.74, 6) is 0.532. The number of likely N-dealkylation sites (tertiary alicyclic amines) is 1. The van der Waals surface area contributed by atoms with Crippen LogP contribution in [0.1, 0.15) is 57.6 Å². The van der Waals surface area contributed by atoms with Gasteiger partial charge in [0.25, 0.3) is 0 Å². The number of ether oxygens (including phenoxy) is 1. The van der Waals surface area contributed by atoms with Crippen LogP contribution in [0.25, 0.3) is 5.82 Å². The Morgan fingerprint density at radius 3 is 2.66 bits per heavy atom. The normalized spacial score (nSPS) is 26.8. The molecule has 1 atom stereocenters. The van der Waals surface area contributed by atoms with E-state index in [4.69, 9.17) is 4.74 Å². The van der Waals surface area contributed by atoms with Crippen LogP contribution in [0.2, 0.25) is 0 Å². The van der Waals surface area contributed by atoms with Crippen molar-refractivity contribution in [1.82, 2.24) is 35.4 Å². The lowest BCUT2D eigenvalue weighted by Crippen LogP contribution is -2.42. The zero-order valence-electron chi connectivity index (χ0n) is 18.3. The highest BCUT2D eigenvalue weighted by molar-refractivity contribution is 5.94. The van der Waals surface area contributed by atoms with Gasteiger partial charge in [-0.05, 0) is 68.0 Å². The molecule has 168 valence electrons. The lowest BCUT2D eigenvalue weighted by atomic mass is 9.71. The van der Waals surface area contributed by atoms with Gasteiger partial charge in [-0.1, -0.05) is 6.07 Å². The number of esters is 1. The summed E-state index contributed by atoms with van der Waals surface area (Å²) in [4.78, 5) is 31.3. The van der Waals surface area contributed by atoms with E-state index in [1.165, 1.54) is 11.0 Å². The third-order valence-corrected chi connectivity index (χ3v) is 7.20. The number of pyridine rings is 1. The van der Waals surface area contributed by atoms with Gasteiger partial charge in [-0.2, -0.15) is 4.68 Å². The number of hydrogen-bond donors (Lipinski definition) is 1. The van der Waals surface area contributed by atoms with Crippen molar-refractivity contribution in [3.05, 3.63) is 41.5 Å². The topological polar surface area (TPSA) is 115 Å². The molecule has 3 aliphatic rings. The number of nitrogens with zero attached hydrogens (tertiary/aromatic N) is 6. The summed E-state index contributed by atoms with van der Waals surface area (Å²) in [5.41, 5.74) is 2.12. The van der Waals surface area contributed by atoms with E-state index >= 15 is 0 Å². The molecule has 32 heavy (non-hydrogen) atoms. The van der Waals surface area contributed by atoms with Crippen LogP contribution < -0.4 is 5.32 Å². The van der Waals surface area contributed by atoms with Gasteiger partial charge in [0.1, 0.15) is 12.9 Å². The van der Waals surface area contributed by atoms with Crippen LogP contribution in [0.3, 0.4) is 0 Å². The average molecular weight is 438 g/mol. The highest BCUT2D eigenvalue weighted by Gasteiger charge is 2.50. The van der Waals surface area contributed by atoms with Gasteiger partial charge in [0.2, 0.25) is 5.91 Å². The van der Waals surface area contributed by atoms with E-state index in [0.29, 0.717) is 24.0 Å². The van der Waals surface area contributed by atoms with E-state index in [1.54, 1.807) is 11.8 Å². The fourth-order valence-corrected chi connectivity index (χ4v) is 5.13. The molecule has 0 bridgehead atoms. The van der Waals surface area contributed by atoms with Crippen LogP contribution in [0.15, 0.2) is 35.9 Å². The molecule has 4 heterocycles. The van der Waals surface area contributed by atoms with E-state index in [0.717, 1.165) is 43.4 Å². The van der Waals surface area contributed by atoms with Gasteiger partial charge < -0.3 is 15.0 Å². The maximum absolute atomic E-state index is 13.3. The Balaban J connectivity index is 1.18. The summed E-state index contributed by atoms with van der Waals surface area (Å²) in [7, 11) is 0. The molecule has 1 N–H and O–H groups in total. The molecule has 1 saturated carbocycles. The minimum absolute atomic E-state index is 0.148. The number of rotatable bonds is 5. The third kappa shape index (κ3) is 3.58. The fraction of sp³-hybridized carbons (Fsp3) is 0.545. The molecule has 0 radical (unpaired) electrons. The summed E-state index contributed by atoms with van der Waals surface area (Å²) in [6, 6.07) is 4.44. The summed E-state index contributed by atoms with van der Waals surface area (Å²) < 4.78 is 6.64. The Labute approximate surface area is 186 Å². The number of hydrogen-bond acceptors (Lipinski definition) is 8. The Morgan fingerprint density at radius 2 is 2.03 bits per heavy atom. The smallest absolute Gasteiger partial charge is 0.336 e. The molecule has 1 saturated heterocycles. The number of carbonyl (C=O) groups excluding carboxylic acids is 2. The molecule has 1 amide bonds. The molecule has 2 aromatic heterocycles. The standard InChI is InChI=1S/C22H27N7O3/c1-14-18(12-32-20(14)30)28-10-9-22(21(28)31)7-5-17(6-8-22)25-15(2)16-3-4-19(23-11-16)29-13-24-26-27-29/h3-4,11,13,15,17,25H,5-10,12H2,1-2H3/t15-,17?,22?/m1/s1. The molecule has 0 unspecified atom stereocenters. The first-order valence-corrected chi connectivity index (χ1v) is 11.1. The van der Waals surface area contributed by atoms with Gasteiger partial charge in [-0.25, -0.2) is 9.78 Å². The molecule has 1 spiro atoms. The van der Waals surface area contributed by atoms with Crippen molar-refractivity contribution in [2.75, 3.05) is 13.2 Å². The minimum Gasteiger partial charge on any atom is -0.456 e. The Bertz CT molecular complexity index is 1040. The summed E-state index contributed by atoms with van der Waals surface area (Å²) in [6.07, 6.45) is 7.85. The van der Waals surface area contributed by atoms with E-state index in [9.17, 15) is 9.59 Å². The Kier molecular flexibility index (Phi) is 5.24. The number of aromatic nitrogens is 5. The van der Waals surface area contributed by atoms with E-state index in [2.05, 4.69) is 32.7 Å². The molecule has 2 aromatic rings. The first kappa shape index (κ1) is 20.7. The fourth-order valence-electron chi connectivity index (χ4n) is 5.13. The van der Waals surface area contributed by atoms with Crippen molar-refractivity contribution in [1.29, 1.82) is 0 Å². The molecule has 10 heteroatoms. The quantitative estimate of drug-likeness (QED) is 0.703. The minimum atomic E-state index is -0.309. The molecular formula is C22H27N7O3. The highest BCUT2D eigenvalue weighted by atomic mass is 16.5. The summed E-state index contributed by atoms with van der Waals surface area (Å²) in [5, 5.41) is 14.8. The van der Waals surface area contributed by atoms with Crippen molar-refractivity contribution in [3.8, 4) is 5.82 Å². The molecular weight excluding hydrogens is 410 g/mol. The zero-order chi connectivity index (χ0) is 22.3. The molecule has 10 nitrogen and oxygen atoms in total. The first-order valence-electron chi connectivity index (χ1n) is 11.1. The first-order chi connectivity index (χ1) is 15.5. The van der Waals surface area contributed by atoms with Crippen molar-refractivity contribution < 1.29 is 14.3 Å². The molecule has 5 rings (SSSR count). The molecule has 1 aliphatic carbocycles. The second kappa shape index (κ2) is 8.09. The van der Waals surface area contributed by atoms with E-state index < -0.39 is 0 Å². The average Bonchev–Trinajstić information content (AvgIpc) is 3.53. The summed E-state index contributed by atoms with van der Waals surface area (Å²) >= 11 is 0. The second-order valence-electron chi connectivity index (χ2n) is 9.00. The maximum Gasteiger partial charge on any atom is 0.336 e. The van der Waals surface area contributed by atoms with Gasteiger partial charge >= 0.3 is 5.97 Å².